The van der Waals surface area contributed by atoms with Crippen LogP contribution in [0, 0.1) is 5.82 Å². The lowest BCUT2D eigenvalue weighted by Gasteiger charge is -2.03. The molecule has 0 amide bonds. The van der Waals surface area contributed by atoms with Gasteiger partial charge in [0.1, 0.15) is 17.1 Å². The molecule has 0 spiro atoms. The number of methoxy groups -OCH3 is 1. The summed E-state index contributed by atoms with van der Waals surface area (Å²) >= 11 is 3.35. The minimum Gasteiger partial charge on any atom is -0.497 e. The molecule has 0 bridgehead atoms. The highest BCUT2D eigenvalue weighted by Gasteiger charge is 2.19. The van der Waals surface area contributed by atoms with Gasteiger partial charge in [-0.25, -0.2) is 4.39 Å². The van der Waals surface area contributed by atoms with E-state index in [1.807, 2.05) is 18.2 Å². The molecule has 0 radical (unpaired) electrons. The molecule has 1 aromatic heterocycles. The molecule has 106 valence electrons. The number of benzene rings is 2. The summed E-state index contributed by atoms with van der Waals surface area (Å²) in [6.07, 6.45) is 0. The van der Waals surface area contributed by atoms with E-state index >= 15 is 0 Å². The van der Waals surface area contributed by atoms with Crippen molar-refractivity contribution in [2.45, 2.75) is 0 Å². The molecule has 5 heteroatoms. The topological polar surface area (TPSA) is 39.4 Å². The highest BCUT2D eigenvalue weighted by molar-refractivity contribution is 9.10. The second-order valence-electron chi connectivity index (χ2n) is 4.44. The van der Waals surface area contributed by atoms with Crippen LogP contribution in [0.15, 0.2) is 51.4 Å². The fourth-order valence-electron chi connectivity index (χ4n) is 2.08. The highest BCUT2D eigenvalue weighted by atomic mass is 79.9. The van der Waals surface area contributed by atoms with Crippen molar-refractivity contribution in [1.29, 1.82) is 0 Å². The second kappa shape index (κ2) is 5.33. The van der Waals surface area contributed by atoms with Gasteiger partial charge in [0.15, 0.2) is 5.76 Å². The van der Waals surface area contributed by atoms with Gasteiger partial charge >= 0.3 is 0 Å². The van der Waals surface area contributed by atoms with Gasteiger partial charge in [-0.3, -0.25) is 4.79 Å². The van der Waals surface area contributed by atoms with E-state index in [0.717, 1.165) is 9.86 Å². The zero-order valence-electron chi connectivity index (χ0n) is 11.0. The zero-order chi connectivity index (χ0) is 15.0. The number of furan rings is 1. The smallest absolute Gasteiger partial charge is 0.231 e. The number of fused-ring (bicyclic) bond motifs is 1. The Labute approximate surface area is 128 Å². The molecule has 0 saturated carbocycles. The van der Waals surface area contributed by atoms with Crippen LogP contribution in [-0.2, 0) is 0 Å². The molecule has 21 heavy (non-hydrogen) atoms. The molecule has 0 unspecified atom stereocenters. The van der Waals surface area contributed by atoms with Gasteiger partial charge in [0.2, 0.25) is 5.78 Å². The summed E-state index contributed by atoms with van der Waals surface area (Å²) in [5.41, 5.74) is 0.515. The second-order valence-corrected chi connectivity index (χ2v) is 5.30. The summed E-state index contributed by atoms with van der Waals surface area (Å²) in [5, 5.41) is 0.779. The number of hydrogen-bond donors (Lipinski definition) is 0. The Morgan fingerprint density at radius 3 is 2.71 bits per heavy atom. The van der Waals surface area contributed by atoms with Gasteiger partial charge in [-0.1, -0.05) is 12.1 Å². The van der Waals surface area contributed by atoms with Crippen molar-refractivity contribution in [3.8, 4) is 5.75 Å². The van der Waals surface area contributed by atoms with Gasteiger partial charge in [0.25, 0.3) is 0 Å². The lowest BCUT2D eigenvalue weighted by Crippen LogP contribution is -2.03. The summed E-state index contributed by atoms with van der Waals surface area (Å²) < 4.78 is 25.2. The predicted molar refractivity (Wildman–Crippen MR) is 80.3 cm³/mol. The first-order chi connectivity index (χ1) is 10.1. The molecule has 3 aromatic rings. The van der Waals surface area contributed by atoms with Gasteiger partial charge in [-0.05, 0) is 40.2 Å². The molecule has 0 aliphatic carbocycles. The fourth-order valence-corrected chi connectivity index (χ4v) is 2.54. The van der Waals surface area contributed by atoms with E-state index in [2.05, 4.69) is 15.9 Å². The molecule has 3 rings (SSSR count). The maximum atomic E-state index is 14.0. The molecule has 1 heterocycles. The summed E-state index contributed by atoms with van der Waals surface area (Å²) in [7, 11) is 1.44. The summed E-state index contributed by atoms with van der Waals surface area (Å²) in [4.78, 5) is 12.4. The molecule has 0 fully saturated rings. The SMILES string of the molecule is COc1ccc(C(=O)c2cc3cccc(Br)c3o2)c(F)c1. The minimum absolute atomic E-state index is 0.0500. The van der Waals surface area contributed by atoms with E-state index in [0.29, 0.717) is 11.3 Å². The van der Waals surface area contributed by atoms with E-state index < -0.39 is 11.6 Å². The number of rotatable bonds is 3. The van der Waals surface area contributed by atoms with E-state index in [1.165, 1.54) is 25.3 Å². The van der Waals surface area contributed by atoms with Crippen molar-refractivity contribution in [1.82, 2.24) is 0 Å². The number of hydrogen-bond acceptors (Lipinski definition) is 3. The molecule has 0 atom stereocenters. The first kappa shape index (κ1) is 13.8. The third kappa shape index (κ3) is 2.45. The van der Waals surface area contributed by atoms with Crippen molar-refractivity contribution in [2.75, 3.05) is 7.11 Å². The number of halogens is 2. The first-order valence-corrected chi connectivity index (χ1v) is 6.96. The Kier molecular flexibility index (Phi) is 3.51. The Morgan fingerprint density at radius 1 is 1.24 bits per heavy atom. The molecule has 2 aromatic carbocycles. The standard InChI is InChI=1S/C16H10BrFO3/c1-20-10-5-6-11(13(18)8-10)15(19)14-7-9-3-2-4-12(17)16(9)21-14/h2-8H,1H3. The fraction of sp³-hybridized carbons (Fsp3) is 0.0625. The van der Waals surface area contributed by atoms with E-state index in [-0.39, 0.29) is 11.3 Å². The van der Waals surface area contributed by atoms with Crippen LogP contribution >= 0.6 is 15.9 Å². The van der Waals surface area contributed by atoms with Gasteiger partial charge < -0.3 is 9.15 Å². The quantitative estimate of drug-likeness (QED) is 0.650. The number of carbonyl (C=O) groups excluding carboxylic acids is 1. The lowest BCUT2D eigenvalue weighted by atomic mass is 10.1. The molecule has 0 N–H and O–H groups in total. The number of ketones is 1. The molecule has 0 aliphatic rings. The van der Waals surface area contributed by atoms with Crippen LogP contribution in [0.25, 0.3) is 11.0 Å². The summed E-state index contributed by atoms with van der Waals surface area (Å²) in [6, 6.07) is 11.2. The number of para-hydroxylation sites is 1. The third-order valence-electron chi connectivity index (χ3n) is 3.14. The summed E-state index contributed by atoms with van der Waals surface area (Å²) in [6.45, 7) is 0. The normalized spacial score (nSPS) is 10.8. The number of carbonyl (C=O) groups is 1. The van der Waals surface area contributed by atoms with Gasteiger partial charge in [0.05, 0.1) is 17.1 Å². The van der Waals surface area contributed by atoms with E-state index in [4.69, 9.17) is 9.15 Å². The predicted octanol–water partition coefficient (Wildman–Crippen LogP) is 4.57. The average molecular weight is 349 g/mol. The van der Waals surface area contributed by atoms with Crippen LogP contribution in [-0.4, -0.2) is 12.9 Å². The van der Waals surface area contributed by atoms with Crippen LogP contribution in [0.3, 0.4) is 0 Å². The largest absolute Gasteiger partial charge is 0.497 e. The monoisotopic (exact) mass is 348 g/mol. The van der Waals surface area contributed by atoms with Crippen molar-refractivity contribution in [3.63, 3.8) is 0 Å². The van der Waals surface area contributed by atoms with Crippen LogP contribution in [0.1, 0.15) is 16.1 Å². The Hall–Kier alpha value is -2.14. The molecular formula is C16H10BrFO3. The summed E-state index contributed by atoms with van der Waals surface area (Å²) in [5.74, 6) is -0.686. The maximum Gasteiger partial charge on any atom is 0.231 e. The lowest BCUT2D eigenvalue weighted by molar-refractivity contribution is 0.101. The molecule has 0 aliphatic heterocycles. The Bertz CT molecular complexity index is 839. The average Bonchev–Trinajstić information content (AvgIpc) is 2.92. The third-order valence-corrected chi connectivity index (χ3v) is 3.77. The maximum absolute atomic E-state index is 14.0. The van der Waals surface area contributed by atoms with Crippen LogP contribution in [0.4, 0.5) is 4.39 Å². The zero-order valence-corrected chi connectivity index (χ0v) is 12.6. The first-order valence-electron chi connectivity index (χ1n) is 6.16. The molecular weight excluding hydrogens is 339 g/mol. The van der Waals surface area contributed by atoms with Crippen molar-refractivity contribution in [2.24, 2.45) is 0 Å². The highest BCUT2D eigenvalue weighted by Crippen LogP contribution is 2.28. The van der Waals surface area contributed by atoms with Crippen LogP contribution in [0.2, 0.25) is 0 Å². The molecule has 0 saturated heterocycles. The van der Waals surface area contributed by atoms with E-state index in [9.17, 15) is 9.18 Å². The van der Waals surface area contributed by atoms with Gasteiger partial charge in [-0.15, -0.1) is 0 Å². The number of ether oxygens (including phenoxy) is 1. The Balaban J connectivity index is 2.06. The van der Waals surface area contributed by atoms with Crippen LogP contribution < -0.4 is 4.74 Å². The molecule has 3 nitrogen and oxygen atoms in total. The van der Waals surface area contributed by atoms with Gasteiger partial charge in [-0.2, -0.15) is 0 Å². The van der Waals surface area contributed by atoms with Crippen molar-refractivity contribution < 1.29 is 18.3 Å². The van der Waals surface area contributed by atoms with Crippen LogP contribution in [0.5, 0.6) is 5.75 Å². The van der Waals surface area contributed by atoms with Gasteiger partial charge in [0, 0.05) is 11.5 Å². The van der Waals surface area contributed by atoms with Crippen molar-refractivity contribution in [3.05, 3.63) is 64.1 Å². The van der Waals surface area contributed by atoms with Crippen molar-refractivity contribution >= 4 is 32.7 Å². The van der Waals surface area contributed by atoms with E-state index in [1.54, 1.807) is 6.07 Å². The minimum atomic E-state index is -0.640. The Morgan fingerprint density at radius 2 is 2.05 bits per heavy atom.